The highest BCUT2D eigenvalue weighted by molar-refractivity contribution is 6.07. The Morgan fingerprint density at radius 2 is 1.81 bits per heavy atom. The van der Waals surface area contributed by atoms with Gasteiger partial charge in [-0.15, -0.1) is 0 Å². The molecule has 2 heterocycles. The molecule has 0 fully saturated rings. The number of H-pyrrole nitrogens is 1. The highest BCUT2D eigenvalue weighted by atomic mass is 16.5. The SMILES string of the molecule is N=C(NO)c1ccc(-c2nc3ccc4[nH]ncc4c3c3c2CCCC3)cc1. The monoisotopic (exact) mass is 357 g/mol. The highest BCUT2D eigenvalue weighted by Crippen LogP contribution is 2.37. The van der Waals surface area contributed by atoms with Crippen molar-refractivity contribution in [3.8, 4) is 11.3 Å². The van der Waals surface area contributed by atoms with E-state index >= 15 is 0 Å². The summed E-state index contributed by atoms with van der Waals surface area (Å²) in [5.74, 6) is -0.0163. The maximum absolute atomic E-state index is 8.93. The molecule has 0 radical (unpaired) electrons. The fourth-order valence-corrected chi connectivity index (χ4v) is 4.14. The Labute approximate surface area is 155 Å². The predicted molar refractivity (Wildman–Crippen MR) is 105 cm³/mol. The van der Waals surface area contributed by atoms with Crippen molar-refractivity contribution in [1.29, 1.82) is 5.41 Å². The lowest BCUT2D eigenvalue weighted by atomic mass is 9.85. The van der Waals surface area contributed by atoms with Gasteiger partial charge in [0.05, 0.1) is 22.9 Å². The van der Waals surface area contributed by atoms with Crippen LogP contribution in [0.2, 0.25) is 0 Å². The second kappa shape index (κ2) is 6.17. The number of rotatable bonds is 2. The first-order valence-electron chi connectivity index (χ1n) is 9.13. The summed E-state index contributed by atoms with van der Waals surface area (Å²) in [6.45, 7) is 0. The van der Waals surface area contributed by atoms with Crippen molar-refractivity contribution < 1.29 is 5.21 Å². The van der Waals surface area contributed by atoms with Gasteiger partial charge in [-0.1, -0.05) is 24.3 Å². The number of fused-ring (bicyclic) bond motifs is 5. The molecule has 0 aliphatic heterocycles. The quantitative estimate of drug-likeness (QED) is 0.248. The topological polar surface area (TPSA) is 97.7 Å². The molecule has 27 heavy (non-hydrogen) atoms. The zero-order chi connectivity index (χ0) is 18.4. The Hall–Kier alpha value is -3.25. The zero-order valence-electron chi connectivity index (χ0n) is 14.7. The van der Waals surface area contributed by atoms with E-state index in [9.17, 15) is 0 Å². The molecular weight excluding hydrogens is 338 g/mol. The Bertz CT molecular complexity index is 1180. The van der Waals surface area contributed by atoms with E-state index in [1.807, 2.05) is 42.0 Å². The van der Waals surface area contributed by atoms with Crippen molar-refractivity contribution >= 4 is 27.6 Å². The lowest BCUT2D eigenvalue weighted by Gasteiger charge is -2.22. The Morgan fingerprint density at radius 1 is 1.04 bits per heavy atom. The summed E-state index contributed by atoms with van der Waals surface area (Å²) in [6.07, 6.45) is 6.35. The average molecular weight is 357 g/mol. The minimum atomic E-state index is -0.0163. The Balaban J connectivity index is 1.75. The van der Waals surface area contributed by atoms with Crippen LogP contribution in [0, 0.1) is 5.41 Å². The first kappa shape index (κ1) is 16.0. The molecule has 4 aromatic rings. The number of hydroxylamine groups is 1. The summed E-state index contributed by atoms with van der Waals surface area (Å²) >= 11 is 0. The third-order valence-electron chi connectivity index (χ3n) is 5.45. The largest absolute Gasteiger partial charge is 0.290 e. The number of nitrogens with zero attached hydrogens (tertiary/aromatic N) is 2. The lowest BCUT2D eigenvalue weighted by molar-refractivity contribution is 0.234. The number of benzene rings is 2. The standard InChI is InChI=1S/C21H19N5O/c22-21(26-27)13-7-5-12(6-8-13)20-15-4-2-1-3-14(15)19-16-11-23-25-17(16)9-10-18(19)24-20/h5-11,27H,1-4H2,(H2,22,26)(H,23,25). The van der Waals surface area contributed by atoms with Crippen LogP contribution in [0.4, 0.5) is 0 Å². The van der Waals surface area contributed by atoms with Crippen LogP contribution in [-0.4, -0.2) is 26.2 Å². The van der Waals surface area contributed by atoms with Crippen molar-refractivity contribution in [3.05, 3.63) is 59.3 Å². The van der Waals surface area contributed by atoms with Crippen LogP contribution in [0.15, 0.2) is 42.6 Å². The summed E-state index contributed by atoms with van der Waals surface area (Å²) in [4.78, 5) is 5.02. The van der Waals surface area contributed by atoms with E-state index in [0.29, 0.717) is 5.56 Å². The molecular formula is C21H19N5O. The number of aromatic nitrogens is 3. The Kier molecular flexibility index (Phi) is 3.65. The first-order valence-corrected chi connectivity index (χ1v) is 9.13. The molecule has 1 aliphatic carbocycles. The molecule has 0 saturated carbocycles. The van der Waals surface area contributed by atoms with Gasteiger partial charge in [0.2, 0.25) is 0 Å². The van der Waals surface area contributed by atoms with E-state index in [-0.39, 0.29) is 5.84 Å². The van der Waals surface area contributed by atoms with Gasteiger partial charge in [-0.25, -0.2) is 4.98 Å². The van der Waals surface area contributed by atoms with Gasteiger partial charge in [-0.3, -0.25) is 21.2 Å². The van der Waals surface area contributed by atoms with Gasteiger partial charge in [0.25, 0.3) is 0 Å². The third kappa shape index (κ3) is 2.49. The van der Waals surface area contributed by atoms with Crippen LogP contribution < -0.4 is 5.48 Å². The van der Waals surface area contributed by atoms with E-state index in [4.69, 9.17) is 15.6 Å². The minimum absolute atomic E-state index is 0.0163. The van der Waals surface area contributed by atoms with Gasteiger partial charge >= 0.3 is 0 Å². The molecule has 0 atom stereocenters. The lowest BCUT2D eigenvalue weighted by Crippen LogP contribution is -2.18. The maximum atomic E-state index is 8.93. The number of aryl methyl sites for hydroxylation is 1. The predicted octanol–water partition coefficient (Wildman–Crippen LogP) is 3.96. The Morgan fingerprint density at radius 3 is 2.59 bits per heavy atom. The molecule has 6 heteroatoms. The first-order chi connectivity index (χ1) is 13.3. The molecule has 5 rings (SSSR count). The van der Waals surface area contributed by atoms with Crippen molar-refractivity contribution in [2.24, 2.45) is 0 Å². The van der Waals surface area contributed by atoms with E-state index < -0.39 is 0 Å². The fraction of sp³-hybridized carbons (Fsp3) is 0.190. The van der Waals surface area contributed by atoms with Crippen LogP contribution in [0.5, 0.6) is 0 Å². The van der Waals surface area contributed by atoms with Crippen LogP contribution in [0.1, 0.15) is 29.5 Å². The number of hydrogen-bond donors (Lipinski definition) is 4. The summed E-state index contributed by atoms with van der Waals surface area (Å²) in [5.41, 5.74) is 9.34. The summed E-state index contributed by atoms with van der Waals surface area (Å²) < 4.78 is 0. The molecule has 0 amide bonds. The van der Waals surface area contributed by atoms with E-state index in [1.54, 1.807) is 0 Å². The van der Waals surface area contributed by atoms with Gasteiger partial charge in [0.15, 0.2) is 0 Å². The number of nitrogens with one attached hydrogen (secondary N) is 3. The second-order valence-electron chi connectivity index (χ2n) is 6.98. The molecule has 0 saturated heterocycles. The van der Waals surface area contributed by atoms with E-state index in [0.717, 1.165) is 40.5 Å². The van der Waals surface area contributed by atoms with Gasteiger partial charge in [-0.05, 0) is 48.9 Å². The van der Waals surface area contributed by atoms with Crippen LogP contribution >= 0.6 is 0 Å². The molecule has 0 unspecified atom stereocenters. The van der Waals surface area contributed by atoms with Gasteiger partial charge in [0.1, 0.15) is 5.84 Å². The third-order valence-corrected chi connectivity index (χ3v) is 5.45. The van der Waals surface area contributed by atoms with Crippen molar-refractivity contribution in [1.82, 2.24) is 20.7 Å². The normalized spacial score (nSPS) is 13.7. The van der Waals surface area contributed by atoms with Crippen LogP contribution in [-0.2, 0) is 12.8 Å². The smallest absolute Gasteiger partial charge is 0.149 e. The maximum Gasteiger partial charge on any atom is 0.149 e. The van der Waals surface area contributed by atoms with E-state index in [1.165, 1.54) is 29.4 Å². The molecule has 2 aromatic heterocycles. The number of hydrogen-bond acceptors (Lipinski definition) is 4. The summed E-state index contributed by atoms with van der Waals surface area (Å²) in [7, 11) is 0. The minimum Gasteiger partial charge on any atom is -0.290 e. The van der Waals surface area contributed by atoms with Gasteiger partial charge < -0.3 is 0 Å². The van der Waals surface area contributed by atoms with Crippen molar-refractivity contribution in [3.63, 3.8) is 0 Å². The molecule has 134 valence electrons. The van der Waals surface area contributed by atoms with Crippen LogP contribution in [0.3, 0.4) is 0 Å². The highest BCUT2D eigenvalue weighted by Gasteiger charge is 2.21. The van der Waals surface area contributed by atoms with Crippen molar-refractivity contribution in [2.45, 2.75) is 25.7 Å². The zero-order valence-corrected chi connectivity index (χ0v) is 14.7. The molecule has 6 nitrogen and oxygen atoms in total. The summed E-state index contributed by atoms with van der Waals surface area (Å²) in [5, 5.41) is 26.3. The molecule has 0 bridgehead atoms. The van der Waals surface area contributed by atoms with E-state index in [2.05, 4.69) is 16.3 Å². The molecule has 0 spiro atoms. The number of pyridine rings is 1. The average Bonchev–Trinajstić information content (AvgIpc) is 3.21. The molecule has 1 aliphatic rings. The van der Waals surface area contributed by atoms with Crippen molar-refractivity contribution in [2.75, 3.05) is 0 Å². The van der Waals surface area contributed by atoms with Gasteiger partial charge in [0, 0.05) is 21.9 Å². The van der Waals surface area contributed by atoms with Crippen LogP contribution in [0.25, 0.3) is 33.1 Å². The second-order valence-corrected chi connectivity index (χ2v) is 6.98. The van der Waals surface area contributed by atoms with Gasteiger partial charge in [-0.2, -0.15) is 5.10 Å². The number of aromatic amines is 1. The number of amidine groups is 1. The molecule has 2 aromatic carbocycles. The fourth-order valence-electron chi connectivity index (χ4n) is 4.14. The molecule has 4 N–H and O–H groups in total. The summed E-state index contributed by atoms with van der Waals surface area (Å²) in [6, 6.07) is 11.7.